The van der Waals surface area contributed by atoms with Crippen molar-refractivity contribution in [2.45, 2.75) is 64.5 Å². The number of nitrogens with one attached hydrogen (secondary N) is 2. The standard InChI is InChI=1S/C15H17BrN2O2.C15H18N2O2/c1-2-20-15(19)11-4-5-12(8-11)18-14-6-3-10(9-17)7-13(14)16;1-2-19-15(18)12-5-8-14(9-12)17-13-6-3-11(10-16)4-7-13/h3,6-7,11-12,18H,2,4-5,8H2,1H3;3-4,6-7,12,14,17H,2,5,8-9H2,1H3/t11-,12+;12-,14+/m00/s1. The van der Waals surface area contributed by atoms with Crippen molar-refractivity contribution in [3.05, 3.63) is 58.1 Å². The zero-order valence-electron chi connectivity index (χ0n) is 22.4. The summed E-state index contributed by atoms with van der Waals surface area (Å²) in [4.78, 5) is 23.3. The fourth-order valence-corrected chi connectivity index (χ4v) is 5.47. The van der Waals surface area contributed by atoms with E-state index in [1.54, 1.807) is 24.3 Å². The summed E-state index contributed by atoms with van der Waals surface area (Å²) in [5.41, 5.74) is 3.23. The lowest BCUT2D eigenvalue weighted by molar-refractivity contribution is -0.148. The smallest absolute Gasteiger partial charge is 0.308 e. The van der Waals surface area contributed by atoms with Crippen LogP contribution in [0.25, 0.3) is 0 Å². The van der Waals surface area contributed by atoms with Gasteiger partial charge in [0.2, 0.25) is 0 Å². The molecule has 0 heterocycles. The fourth-order valence-electron chi connectivity index (χ4n) is 4.97. The molecule has 2 fully saturated rings. The number of nitrogens with zero attached hydrogens (tertiary/aromatic N) is 2. The molecule has 4 atom stereocenters. The highest BCUT2D eigenvalue weighted by molar-refractivity contribution is 9.10. The van der Waals surface area contributed by atoms with Gasteiger partial charge in [0.1, 0.15) is 0 Å². The molecule has 4 rings (SSSR count). The Kier molecular flexibility index (Phi) is 11.6. The normalized spacial score (nSPS) is 21.5. The van der Waals surface area contributed by atoms with Crippen LogP contribution in [0.5, 0.6) is 0 Å². The van der Waals surface area contributed by atoms with Gasteiger partial charge in [-0.3, -0.25) is 9.59 Å². The average Bonchev–Trinajstić information content (AvgIpc) is 3.61. The number of benzene rings is 2. The molecule has 2 aliphatic rings. The number of halogens is 1. The van der Waals surface area contributed by atoms with Crippen molar-refractivity contribution in [2.24, 2.45) is 11.8 Å². The summed E-state index contributed by atoms with van der Waals surface area (Å²) < 4.78 is 11.0. The third-order valence-corrected chi connectivity index (χ3v) is 7.60. The molecule has 0 aliphatic heterocycles. The van der Waals surface area contributed by atoms with Crippen LogP contribution in [-0.2, 0) is 19.1 Å². The van der Waals surface area contributed by atoms with Crippen LogP contribution in [0.4, 0.5) is 11.4 Å². The molecule has 0 bridgehead atoms. The zero-order valence-corrected chi connectivity index (χ0v) is 24.0. The van der Waals surface area contributed by atoms with E-state index in [4.69, 9.17) is 20.0 Å². The number of esters is 2. The topological polar surface area (TPSA) is 124 Å². The van der Waals surface area contributed by atoms with E-state index >= 15 is 0 Å². The molecule has 2 aliphatic carbocycles. The first-order chi connectivity index (χ1) is 18.9. The molecule has 9 heteroatoms. The van der Waals surface area contributed by atoms with Crippen molar-refractivity contribution >= 4 is 39.2 Å². The van der Waals surface area contributed by atoms with Crippen molar-refractivity contribution in [3.63, 3.8) is 0 Å². The highest BCUT2D eigenvalue weighted by Gasteiger charge is 2.31. The van der Waals surface area contributed by atoms with E-state index in [2.05, 4.69) is 38.7 Å². The van der Waals surface area contributed by atoms with Gasteiger partial charge in [-0.15, -0.1) is 0 Å². The highest BCUT2D eigenvalue weighted by Crippen LogP contribution is 2.32. The third-order valence-electron chi connectivity index (χ3n) is 6.95. The molecule has 2 N–H and O–H groups in total. The van der Waals surface area contributed by atoms with Gasteiger partial charge in [-0.05, 0) is 111 Å². The first-order valence-corrected chi connectivity index (χ1v) is 14.2. The van der Waals surface area contributed by atoms with Crippen LogP contribution in [0.3, 0.4) is 0 Å². The second-order valence-electron chi connectivity index (χ2n) is 9.70. The lowest BCUT2D eigenvalue weighted by Gasteiger charge is -2.16. The number of hydrogen-bond donors (Lipinski definition) is 2. The quantitative estimate of drug-likeness (QED) is 0.348. The number of anilines is 2. The van der Waals surface area contributed by atoms with E-state index in [1.165, 1.54) is 0 Å². The molecule has 0 unspecified atom stereocenters. The molecular weight excluding hydrogens is 560 g/mol. The Morgan fingerprint density at radius 2 is 1.33 bits per heavy atom. The molecule has 8 nitrogen and oxygen atoms in total. The predicted molar refractivity (Wildman–Crippen MR) is 153 cm³/mol. The molecule has 206 valence electrons. The molecule has 0 amide bonds. The largest absolute Gasteiger partial charge is 0.466 e. The van der Waals surface area contributed by atoms with Crippen LogP contribution in [0, 0.1) is 34.5 Å². The second-order valence-corrected chi connectivity index (χ2v) is 10.6. The van der Waals surface area contributed by atoms with E-state index in [9.17, 15) is 9.59 Å². The molecule has 0 saturated heterocycles. The maximum absolute atomic E-state index is 11.7. The van der Waals surface area contributed by atoms with Gasteiger partial charge in [-0.1, -0.05) is 0 Å². The van der Waals surface area contributed by atoms with Gasteiger partial charge in [-0.25, -0.2) is 0 Å². The van der Waals surface area contributed by atoms with Gasteiger partial charge in [0.15, 0.2) is 0 Å². The lowest BCUT2D eigenvalue weighted by atomic mass is 10.1. The molecular formula is C30H35BrN4O4. The summed E-state index contributed by atoms with van der Waals surface area (Å²) in [5.74, 6) is -0.136. The summed E-state index contributed by atoms with van der Waals surface area (Å²) in [5, 5.41) is 24.4. The maximum atomic E-state index is 11.7. The Balaban J connectivity index is 0.000000216. The van der Waals surface area contributed by atoms with E-state index in [0.717, 1.165) is 54.4 Å². The number of carbonyl (C=O) groups excluding carboxylic acids is 2. The van der Waals surface area contributed by atoms with E-state index < -0.39 is 0 Å². The summed E-state index contributed by atoms with van der Waals surface area (Å²) in [6.07, 6.45) is 5.29. The van der Waals surface area contributed by atoms with Crippen LogP contribution in [0.1, 0.15) is 63.5 Å². The number of ether oxygens (including phenoxy) is 2. The summed E-state index contributed by atoms with van der Waals surface area (Å²) in [6, 6.07) is 17.6. The Bertz CT molecular complexity index is 1200. The maximum Gasteiger partial charge on any atom is 0.308 e. The number of carbonyl (C=O) groups is 2. The van der Waals surface area contributed by atoms with Gasteiger partial charge in [0.05, 0.1) is 48.3 Å². The number of nitriles is 2. The fraction of sp³-hybridized carbons (Fsp3) is 0.467. The van der Waals surface area contributed by atoms with Crippen LogP contribution in [0.15, 0.2) is 46.9 Å². The van der Waals surface area contributed by atoms with Crippen molar-refractivity contribution in [1.82, 2.24) is 0 Å². The monoisotopic (exact) mass is 594 g/mol. The van der Waals surface area contributed by atoms with Crippen molar-refractivity contribution in [1.29, 1.82) is 10.5 Å². The third kappa shape index (κ3) is 9.01. The first-order valence-electron chi connectivity index (χ1n) is 13.4. The van der Waals surface area contributed by atoms with Gasteiger partial charge in [0.25, 0.3) is 0 Å². The minimum atomic E-state index is -0.0873. The number of hydrogen-bond acceptors (Lipinski definition) is 8. The molecule has 0 radical (unpaired) electrons. The summed E-state index contributed by atoms with van der Waals surface area (Å²) >= 11 is 3.46. The lowest BCUT2D eigenvalue weighted by Crippen LogP contribution is -2.19. The number of rotatable bonds is 8. The van der Waals surface area contributed by atoms with Crippen molar-refractivity contribution in [3.8, 4) is 12.1 Å². The first kappa shape index (κ1) is 30.0. The zero-order chi connectivity index (χ0) is 28.2. The van der Waals surface area contributed by atoms with Crippen LogP contribution < -0.4 is 10.6 Å². The van der Waals surface area contributed by atoms with E-state index in [0.29, 0.717) is 30.4 Å². The minimum absolute atomic E-state index is 0.00427. The van der Waals surface area contributed by atoms with Crippen LogP contribution >= 0.6 is 15.9 Å². The average molecular weight is 596 g/mol. The van der Waals surface area contributed by atoms with E-state index in [-0.39, 0.29) is 29.8 Å². The second kappa shape index (κ2) is 15.1. The van der Waals surface area contributed by atoms with Crippen LogP contribution in [-0.4, -0.2) is 37.2 Å². The SMILES string of the molecule is CCOC(=O)[C@H]1CC[C@@H](Nc2ccc(C#N)cc2)C1.CCOC(=O)[C@H]1CC[C@@H](Nc2ccc(C#N)cc2Br)C1. The molecule has 2 aromatic carbocycles. The van der Waals surface area contributed by atoms with Gasteiger partial charge < -0.3 is 20.1 Å². The Morgan fingerprint density at radius 3 is 1.82 bits per heavy atom. The molecule has 39 heavy (non-hydrogen) atoms. The van der Waals surface area contributed by atoms with Gasteiger partial charge >= 0.3 is 11.9 Å². The van der Waals surface area contributed by atoms with Crippen molar-refractivity contribution < 1.29 is 19.1 Å². The Labute approximate surface area is 238 Å². The minimum Gasteiger partial charge on any atom is -0.466 e. The molecule has 2 saturated carbocycles. The predicted octanol–water partition coefficient (Wildman–Crippen LogP) is 6.17. The Morgan fingerprint density at radius 1 is 0.821 bits per heavy atom. The molecule has 0 aromatic heterocycles. The molecule has 0 spiro atoms. The van der Waals surface area contributed by atoms with E-state index in [1.807, 2.05) is 32.0 Å². The van der Waals surface area contributed by atoms with Crippen molar-refractivity contribution in [2.75, 3.05) is 23.8 Å². The van der Waals surface area contributed by atoms with Gasteiger partial charge in [-0.2, -0.15) is 10.5 Å². The highest BCUT2D eigenvalue weighted by atomic mass is 79.9. The summed E-state index contributed by atoms with van der Waals surface area (Å²) in [6.45, 7) is 4.55. The summed E-state index contributed by atoms with van der Waals surface area (Å²) in [7, 11) is 0. The van der Waals surface area contributed by atoms with Crippen LogP contribution in [0.2, 0.25) is 0 Å². The Hall–Kier alpha value is -3.56. The van der Waals surface area contributed by atoms with Gasteiger partial charge in [0, 0.05) is 27.9 Å². The molecule has 2 aromatic rings.